The molecule has 2 aromatic carbocycles. The highest BCUT2D eigenvalue weighted by atomic mass is 35.5. The molecule has 3 aromatic rings. The number of rotatable bonds is 3. The molecule has 6 heteroatoms. The zero-order valence-electron chi connectivity index (χ0n) is 11.7. The number of nitrogens with one attached hydrogen (secondary N) is 1. The second kappa shape index (κ2) is 5.99. The minimum atomic E-state index is -0.272. The summed E-state index contributed by atoms with van der Waals surface area (Å²) >= 11 is 5.86. The summed E-state index contributed by atoms with van der Waals surface area (Å²) in [5.74, 6) is -0.00110. The topological polar surface area (TPSA) is 68.0 Å². The third-order valence-electron chi connectivity index (χ3n) is 3.15. The summed E-state index contributed by atoms with van der Waals surface area (Å²) in [4.78, 5) is 12.2. The average Bonchev–Trinajstić information content (AvgIpc) is 2.97. The molecule has 1 N–H and O–H groups in total. The SMILES string of the molecule is Cc1ccc(C(=O)Nc2nonc2-c2ccc(Cl)cc2)cc1. The molecule has 0 fully saturated rings. The molecule has 0 radical (unpaired) electrons. The van der Waals surface area contributed by atoms with Crippen LogP contribution < -0.4 is 5.32 Å². The van der Waals surface area contributed by atoms with E-state index in [9.17, 15) is 4.79 Å². The molecule has 0 saturated heterocycles. The van der Waals surface area contributed by atoms with Gasteiger partial charge in [0.15, 0.2) is 5.69 Å². The van der Waals surface area contributed by atoms with Gasteiger partial charge in [-0.25, -0.2) is 4.63 Å². The highest BCUT2D eigenvalue weighted by Crippen LogP contribution is 2.25. The first-order chi connectivity index (χ1) is 10.6. The molecule has 22 heavy (non-hydrogen) atoms. The fraction of sp³-hybridized carbons (Fsp3) is 0.0625. The lowest BCUT2D eigenvalue weighted by atomic mass is 10.1. The van der Waals surface area contributed by atoms with Crippen molar-refractivity contribution in [3.8, 4) is 11.3 Å². The monoisotopic (exact) mass is 313 g/mol. The van der Waals surface area contributed by atoms with Crippen LogP contribution in [0.25, 0.3) is 11.3 Å². The van der Waals surface area contributed by atoms with Crippen molar-refractivity contribution in [2.75, 3.05) is 5.32 Å². The standard InChI is InChI=1S/C16H12ClN3O2/c1-10-2-4-12(5-3-10)16(21)18-15-14(19-22-20-15)11-6-8-13(17)9-7-11/h2-9H,1H3,(H,18,20,21). The minimum Gasteiger partial charge on any atom is -0.302 e. The molecule has 0 aliphatic heterocycles. The lowest BCUT2D eigenvalue weighted by Gasteiger charge is -2.04. The van der Waals surface area contributed by atoms with Gasteiger partial charge < -0.3 is 5.32 Å². The molecule has 110 valence electrons. The molecule has 1 heterocycles. The first kappa shape index (κ1) is 14.3. The Balaban J connectivity index is 1.84. The van der Waals surface area contributed by atoms with Crippen molar-refractivity contribution in [1.29, 1.82) is 0 Å². The van der Waals surface area contributed by atoms with Crippen molar-refractivity contribution in [3.63, 3.8) is 0 Å². The van der Waals surface area contributed by atoms with Gasteiger partial charge in [0.1, 0.15) is 0 Å². The van der Waals surface area contributed by atoms with Crippen molar-refractivity contribution in [2.45, 2.75) is 6.92 Å². The summed E-state index contributed by atoms with van der Waals surface area (Å²) in [7, 11) is 0. The molecule has 0 aliphatic carbocycles. The maximum Gasteiger partial charge on any atom is 0.256 e. The number of halogens is 1. The molecular formula is C16H12ClN3O2. The van der Waals surface area contributed by atoms with E-state index in [-0.39, 0.29) is 11.7 Å². The molecule has 0 unspecified atom stereocenters. The van der Waals surface area contributed by atoms with Crippen LogP contribution in [0.1, 0.15) is 15.9 Å². The summed E-state index contributed by atoms with van der Waals surface area (Å²) in [6.45, 7) is 1.96. The van der Waals surface area contributed by atoms with Crippen molar-refractivity contribution in [1.82, 2.24) is 10.3 Å². The van der Waals surface area contributed by atoms with Crippen LogP contribution in [-0.2, 0) is 0 Å². The Morgan fingerprint density at radius 3 is 2.41 bits per heavy atom. The van der Waals surface area contributed by atoms with Crippen LogP contribution in [0.4, 0.5) is 5.82 Å². The Kier molecular flexibility index (Phi) is 3.89. The van der Waals surface area contributed by atoms with Gasteiger partial charge in [-0.1, -0.05) is 41.4 Å². The number of aromatic nitrogens is 2. The highest BCUT2D eigenvalue weighted by molar-refractivity contribution is 6.30. The first-order valence-electron chi connectivity index (χ1n) is 6.60. The smallest absolute Gasteiger partial charge is 0.256 e. The Bertz CT molecular complexity index is 795. The molecule has 0 spiro atoms. The molecular weight excluding hydrogens is 302 g/mol. The van der Waals surface area contributed by atoms with E-state index in [4.69, 9.17) is 16.2 Å². The number of hydrogen-bond donors (Lipinski definition) is 1. The fourth-order valence-electron chi connectivity index (χ4n) is 1.95. The molecule has 1 aromatic heterocycles. The summed E-state index contributed by atoms with van der Waals surface area (Å²) in [6, 6.07) is 14.3. The number of aryl methyl sites for hydroxylation is 1. The van der Waals surface area contributed by atoms with E-state index in [0.29, 0.717) is 16.3 Å². The Morgan fingerprint density at radius 1 is 1.05 bits per heavy atom. The van der Waals surface area contributed by atoms with Crippen molar-refractivity contribution < 1.29 is 9.42 Å². The van der Waals surface area contributed by atoms with E-state index in [1.807, 2.05) is 19.1 Å². The molecule has 5 nitrogen and oxygen atoms in total. The van der Waals surface area contributed by atoms with E-state index in [1.54, 1.807) is 36.4 Å². The minimum absolute atomic E-state index is 0.271. The summed E-state index contributed by atoms with van der Waals surface area (Å²) < 4.78 is 4.74. The second-order valence-electron chi connectivity index (χ2n) is 4.79. The first-order valence-corrected chi connectivity index (χ1v) is 6.98. The number of anilines is 1. The number of carbonyl (C=O) groups is 1. The largest absolute Gasteiger partial charge is 0.302 e. The lowest BCUT2D eigenvalue weighted by molar-refractivity contribution is 0.102. The third kappa shape index (κ3) is 2.99. The van der Waals surface area contributed by atoms with Crippen molar-refractivity contribution >= 4 is 23.3 Å². The van der Waals surface area contributed by atoms with Gasteiger partial charge in [0, 0.05) is 16.1 Å². The third-order valence-corrected chi connectivity index (χ3v) is 3.40. The number of nitrogens with zero attached hydrogens (tertiary/aromatic N) is 2. The predicted molar refractivity (Wildman–Crippen MR) is 83.9 cm³/mol. The van der Waals surface area contributed by atoms with E-state index in [1.165, 1.54) is 0 Å². The van der Waals surface area contributed by atoms with E-state index >= 15 is 0 Å². The van der Waals surface area contributed by atoms with Crippen LogP contribution >= 0.6 is 11.6 Å². The highest BCUT2D eigenvalue weighted by Gasteiger charge is 2.16. The number of amides is 1. The van der Waals surface area contributed by atoms with Gasteiger partial charge in [0.05, 0.1) is 0 Å². The van der Waals surface area contributed by atoms with Crippen LogP contribution in [0.5, 0.6) is 0 Å². The van der Waals surface area contributed by atoms with E-state index in [0.717, 1.165) is 11.1 Å². The van der Waals surface area contributed by atoms with Crippen LogP contribution in [0.3, 0.4) is 0 Å². The van der Waals surface area contributed by atoms with Crippen LogP contribution in [0.15, 0.2) is 53.2 Å². The molecule has 0 atom stereocenters. The molecule has 0 saturated carbocycles. The zero-order valence-corrected chi connectivity index (χ0v) is 12.5. The predicted octanol–water partition coefficient (Wildman–Crippen LogP) is 3.95. The number of benzene rings is 2. The normalized spacial score (nSPS) is 10.5. The maximum absolute atomic E-state index is 12.2. The Morgan fingerprint density at radius 2 is 1.73 bits per heavy atom. The van der Waals surface area contributed by atoms with E-state index < -0.39 is 0 Å². The summed E-state index contributed by atoms with van der Waals surface area (Å²) in [5, 5.41) is 10.9. The van der Waals surface area contributed by atoms with Gasteiger partial charge in [0.2, 0.25) is 5.82 Å². The summed E-state index contributed by atoms with van der Waals surface area (Å²) in [6.07, 6.45) is 0. The second-order valence-corrected chi connectivity index (χ2v) is 5.22. The van der Waals surface area contributed by atoms with Gasteiger partial charge >= 0.3 is 0 Å². The van der Waals surface area contributed by atoms with Crippen LogP contribution in [0, 0.1) is 6.92 Å². The average molecular weight is 314 g/mol. The lowest BCUT2D eigenvalue weighted by Crippen LogP contribution is -2.12. The van der Waals surface area contributed by atoms with Crippen LogP contribution in [-0.4, -0.2) is 16.2 Å². The fourth-order valence-corrected chi connectivity index (χ4v) is 2.08. The number of carbonyl (C=O) groups excluding carboxylic acids is 1. The molecule has 1 amide bonds. The quantitative estimate of drug-likeness (QED) is 0.795. The maximum atomic E-state index is 12.2. The Hall–Kier alpha value is -2.66. The number of hydrogen-bond acceptors (Lipinski definition) is 4. The van der Waals surface area contributed by atoms with Crippen molar-refractivity contribution in [3.05, 3.63) is 64.7 Å². The van der Waals surface area contributed by atoms with Crippen molar-refractivity contribution in [2.24, 2.45) is 0 Å². The Labute approximate surface area is 131 Å². The van der Waals surface area contributed by atoms with Gasteiger partial charge in [0.25, 0.3) is 5.91 Å². The molecule has 0 aliphatic rings. The van der Waals surface area contributed by atoms with Gasteiger partial charge in [-0.05, 0) is 41.5 Å². The van der Waals surface area contributed by atoms with Gasteiger partial charge in [-0.15, -0.1) is 0 Å². The summed E-state index contributed by atoms with van der Waals surface area (Å²) in [5.41, 5.74) is 2.83. The van der Waals surface area contributed by atoms with Gasteiger partial charge in [-0.2, -0.15) is 0 Å². The van der Waals surface area contributed by atoms with Crippen LogP contribution in [0.2, 0.25) is 5.02 Å². The van der Waals surface area contributed by atoms with E-state index in [2.05, 4.69) is 15.6 Å². The zero-order chi connectivity index (χ0) is 15.5. The van der Waals surface area contributed by atoms with Gasteiger partial charge in [-0.3, -0.25) is 4.79 Å². The molecule has 3 rings (SSSR count). The molecule has 0 bridgehead atoms.